The second-order valence-electron chi connectivity index (χ2n) is 6.20. The summed E-state index contributed by atoms with van der Waals surface area (Å²) in [5, 5.41) is 3.87. The summed E-state index contributed by atoms with van der Waals surface area (Å²) in [5.41, 5.74) is 2.07. The fraction of sp³-hybridized carbons (Fsp3) is 0.0909. The van der Waals surface area contributed by atoms with E-state index in [0.29, 0.717) is 12.4 Å². The lowest BCUT2D eigenvalue weighted by Gasteiger charge is -2.09. The van der Waals surface area contributed by atoms with Gasteiger partial charge in [0.2, 0.25) is 5.91 Å². The van der Waals surface area contributed by atoms with Gasteiger partial charge in [-0.3, -0.25) is 4.79 Å². The third-order valence-electron chi connectivity index (χ3n) is 4.24. The van der Waals surface area contributed by atoms with Crippen LogP contribution in [0.25, 0.3) is 10.9 Å². The van der Waals surface area contributed by atoms with Crippen molar-refractivity contribution in [2.45, 2.75) is 13.2 Å². The second-order valence-corrected chi connectivity index (χ2v) is 6.20. The molecule has 0 aliphatic heterocycles. The van der Waals surface area contributed by atoms with Gasteiger partial charge in [0, 0.05) is 18.5 Å². The highest BCUT2D eigenvalue weighted by atomic mass is 16.5. The summed E-state index contributed by atoms with van der Waals surface area (Å²) in [4.78, 5) is 16.4. The lowest BCUT2D eigenvalue weighted by molar-refractivity contribution is -0.116. The molecule has 0 atom stereocenters. The van der Waals surface area contributed by atoms with E-state index in [1.165, 1.54) is 0 Å². The van der Waals surface area contributed by atoms with Crippen molar-refractivity contribution in [3.8, 4) is 5.75 Å². The summed E-state index contributed by atoms with van der Waals surface area (Å²) in [7, 11) is 0. The number of hydrogen-bond donors (Lipinski definition) is 1. The first-order chi connectivity index (χ1) is 13.3. The molecule has 0 spiro atoms. The minimum Gasteiger partial charge on any atom is -0.489 e. The van der Waals surface area contributed by atoms with Crippen molar-refractivity contribution >= 4 is 22.6 Å². The van der Waals surface area contributed by atoms with Crippen molar-refractivity contribution in [3.05, 3.63) is 90.8 Å². The minimum absolute atomic E-state index is 0.123. The highest BCUT2D eigenvalue weighted by Gasteiger charge is 2.08. The molecule has 4 aromatic rings. The number of amides is 1. The molecule has 0 radical (unpaired) electrons. The van der Waals surface area contributed by atoms with E-state index >= 15 is 0 Å². The number of hydrogen-bond acceptors (Lipinski definition) is 3. The SMILES string of the molecule is O=C(Cn1ccc2ccc(OCc3ccccc3)cc21)Nc1ccccn1. The average Bonchev–Trinajstić information content (AvgIpc) is 3.10. The van der Waals surface area contributed by atoms with Crippen LogP contribution in [-0.4, -0.2) is 15.5 Å². The Hall–Kier alpha value is -3.60. The van der Waals surface area contributed by atoms with Gasteiger partial charge in [-0.1, -0.05) is 36.4 Å². The monoisotopic (exact) mass is 357 g/mol. The summed E-state index contributed by atoms with van der Waals surface area (Å²) >= 11 is 0. The molecule has 134 valence electrons. The number of anilines is 1. The van der Waals surface area contributed by atoms with Crippen LogP contribution in [-0.2, 0) is 17.9 Å². The molecule has 2 aromatic carbocycles. The first-order valence-corrected chi connectivity index (χ1v) is 8.74. The van der Waals surface area contributed by atoms with Crippen molar-refractivity contribution in [1.82, 2.24) is 9.55 Å². The fourth-order valence-corrected chi connectivity index (χ4v) is 2.91. The zero-order valence-corrected chi connectivity index (χ0v) is 14.7. The number of carbonyl (C=O) groups is 1. The maximum Gasteiger partial charge on any atom is 0.245 e. The molecule has 2 heterocycles. The van der Waals surface area contributed by atoms with Gasteiger partial charge in [0.15, 0.2) is 0 Å². The molecular weight excluding hydrogens is 338 g/mol. The van der Waals surface area contributed by atoms with Gasteiger partial charge < -0.3 is 14.6 Å². The van der Waals surface area contributed by atoms with Crippen LogP contribution in [0, 0.1) is 0 Å². The molecule has 0 aliphatic rings. The number of nitrogens with one attached hydrogen (secondary N) is 1. The number of ether oxygens (including phenoxy) is 1. The number of pyridine rings is 1. The zero-order chi connectivity index (χ0) is 18.5. The van der Waals surface area contributed by atoms with Crippen LogP contribution in [0.2, 0.25) is 0 Å². The number of aromatic nitrogens is 2. The van der Waals surface area contributed by atoms with Crippen LogP contribution in [0.15, 0.2) is 85.2 Å². The largest absolute Gasteiger partial charge is 0.489 e. The Kier molecular flexibility index (Phi) is 4.83. The highest BCUT2D eigenvalue weighted by Crippen LogP contribution is 2.23. The van der Waals surface area contributed by atoms with Gasteiger partial charge in [0.1, 0.15) is 24.7 Å². The number of fused-ring (bicyclic) bond motifs is 1. The second kappa shape index (κ2) is 7.74. The smallest absolute Gasteiger partial charge is 0.245 e. The molecule has 0 aliphatic carbocycles. The molecule has 0 saturated carbocycles. The molecule has 1 N–H and O–H groups in total. The van der Waals surface area contributed by atoms with Crippen molar-refractivity contribution in [2.24, 2.45) is 0 Å². The van der Waals surface area contributed by atoms with Crippen LogP contribution in [0.5, 0.6) is 5.75 Å². The first-order valence-electron chi connectivity index (χ1n) is 8.74. The summed E-state index contributed by atoms with van der Waals surface area (Å²) in [5.74, 6) is 1.20. The van der Waals surface area contributed by atoms with Gasteiger partial charge in [-0.2, -0.15) is 0 Å². The standard InChI is InChI=1S/C22H19N3O2/c26-22(24-21-8-4-5-12-23-21)15-25-13-11-18-9-10-19(14-20(18)25)27-16-17-6-2-1-3-7-17/h1-14H,15-16H2,(H,23,24,26). The van der Waals surface area contributed by atoms with E-state index in [9.17, 15) is 4.79 Å². The van der Waals surface area contributed by atoms with Crippen LogP contribution in [0.1, 0.15) is 5.56 Å². The molecule has 2 aromatic heterocycles. The molecule has 5 nitrogen and oxygen atoms in total. The molecule has 0 saturated heterocycles. The maximum absolute atomic E-state index is 12.3. The molecule has 0 fully saturated rings. The fourth-order valence-electron chi connectivity index (χ4n) is 2.91. The van der Waals surface area contributed by atoms with Gasteiger partial charge in [-0.25, -0.2) is 4.98 Å². The topological polar surface area (TPSA) is 56.1 Å². The van der Waals surface area contributed by atoms with E-state index in [4.69, 9.17) is 4.74 Å². The van der Waals surface area contributed by atoms with Gasteiger partial charge >= 0.3 is 0 Å². The summed E-state index contributed by atoms with van der Waals surface area (Å²) < 4.78 is 7.81. The van der Waals surface area contributed by atoms with Gasteiger partial charge in [0.05, 0.1) is 5.52 Å². The quantitative estimate of drug-likeness (QED) is 0.561. The third-order valence-corrected chi connectivity index (χ3v) is 4.24. The van der Waals surface area contributed by atoms with Gasteiger partial charge in [-0.05, 0) is 41.3 Å². The Morgan fingerprint density at radius 2 is 1.85 bits per heavy atom. The third kappa shape index (κ3) is 4.15. The van der Waals surface area contributed by atoms with E-state index in [1.54, 1.807) is 12.3 Å². The molecule has 1 amide bonds. The van der Waals surface area contributed by atoms with Crippen molar-refractivity contribution < 1.29 is 9.53 Å². The lowest BCUT2D eigenvalue weighted by atomic mass is 10.2. The Balaban J connectivity index is 1.47. The number of benzene rings is 2. The molecule has 4 rings (SSSR count). The van der Waals surface area contributed by atoms with Crippen molar-refractivity contribution in [3.63, 3.8) is 0 Å². The number of carbonyl (C=O) groups excluding carboxylic acids is 1. The highest BCUT2D eigenvalue weighted by molar-refractivity contribution is 5.91. The molecule has 5 heteroatoms. The lowest BCUT2D eigenvalue weighted by Crippen LogP contribution is -2.18. The predicted molar refractivity (Wildman–Crippen MR) is 106 cm³/mol. The van der Waals surface area contributed by atoms with Crippen LogP contribution < -0.4 is 10.1 Å². The molecule has 0 unspecified atom stereocenters. The van der Waals surface area contributed by atoms with Crippen molar-refractivity contribution in [2.75, 3.05) is 5.32 Å². The van der Waals surface area contributed by atoms with Gasteiger partial charge in [0.25, 0.3) is 0 Å². The minimum atomic E-state index is -0.123. The normalized spacial score (nSPS) is 10.7. The maximum atomic E-state index is 12.3. The zero-order valence-electron chi connectivity index (χ0n) is 14.7. The molecular formula is C22H19N3O2. The summed E-state index contributed by atoms with van der Waals surface area (Å²) in [6.45, 7) is 0.718. The van der Waals surface area contributed by atoms with E-state index < -0.39 is 0 Å². The Bertz CT molecular complexity index is 1040. The van der Waals surface area contributed by atoms with E-state index in [0.717, 1.165) is 22.2 Å². The number of nitrogens with zero attached hydrogens (tertiary/aromatic N) is 2. The van der Waals surface area contributed by atoms with Crippen LogP contribution in [0.3, 0.4) is 0 Å². The molecule has 0 bridgehead atoms. The Labute approximate surface area is 157 Å². The first kappa shape index (κ1) is 16.8. The summed E-state index contributed by atoms with van der Waals surface area (Å²) in [6, 6.07) is 23.4. The van der Waals surface area contributed by atoms with Crippen LogP contribution >= 0.6 is 0 Å². The van der Waals surface area contributed by atoms with Crippen molar-refractivity contribution in [1.29, 1.82) is 0 Å². The Morgan fingerprint density at radius 3 is 2.67 bits per heavy atom. The molecule has 27 heavy (non-hydrogen) atoms. The van der Waals surface area contributed by atoms with E-state index in [-0.39, 0.29) is 12.5 Å². The van der Waals surface area contributed by atoms with Crippen LogP contribution in [0.4, 0.5) is 5.82 Å². The van der Waals surface area contributed by atoms with E-state index in [2.05, 4.69) is 10.3 Å². The summed E-state index contributed by atoms with van der Waals surface area (Å²) in [6.07, 6.45) is 3.56. The van der Waals surface area contributed by atoms with Gasteiger partial charge in [-0.15, -0.1) is 0 Å². The number of rotatable bonds is 6. The predicted octanol–water partition coefficient (Wildman–Crippen LogP) is 4.25. The Morgan fingerprint density at radius 1 is 1.00 bits per heavy atom. The van der Waals surface area contributed by atoms with E-state index in [1.807, 2.05) is 77.5 Å². The average molecular weight is 357 g/mol.